The van der Waals surface area contributed by atoms with Crippen molar-refractivity contribution in [1.29, 1.82) is 0 Å². The number of carboxylic acid groups (broad SMARTS) is 1. The van der Waals surface area contributed by atoms with Crippen molar-refractivity contribution in [2.24, 2.45) is 13.0 Å². The first-order chi connectivity index (χ1) is 17.0. The van der Waals surface area contributed by atoms with Gasteiger partial charge >= 0.3 is 5.97 Å². The molecule has 1 aromatic carbocycles. The fourth-order valence-corrected chi connectivity index (χ4v) is 4.41. The van der Waals surface area contributed by atoms with Crippen LogP contribution >= 0.6 is 0 Å². The van der Waals surface area contributed by atoms with Crippen molar-refractivity contribution >= 4 is 5.97 Å². The highest BCUT2D eigenvalue weighted by atomic mass is 16.5. The van der Waals surface area contributed by atoms with Gasteiger partial charge in [-0.2, -0.15) is 4.98 Å². The number of rotatable bonds is 7. The summed E-state index contributed by atoms with van der Waals surface area (Å²) in [5, 5.41) is 21.9. The molecule has 5 rings (SSSR count). The van der Waals surface area contributed by atoms with Crippen LogP contribution in [0.1, 0.15) is 43.0 Å². The molecule has 10 heteroatoms. The van der Waals surface area contributed by atoms with E-state index in [9.17, 15) is 9.90 Å². The lowest BCUT2D eigenvalue weighted by Gasteiger charge is -2.27. The third-order valence-electron chi connectivity index (χ3n) is 6.31. The number of hydrogen-bond donors (Lipinski definition) is 1. The molecule has 1 N–H and O–H groups in total. The van der Waals surface area contributed by atoms with Crippen LogP contribution in [0.2, 0.25) is 0 Å². The standard InChI is InChI=1S/C25H26N6O4/c1-15-21(34-18-10-6-9-17(13-18)25(32)33)12-11-19(26-15)23-20(31(2)30-28-23)14-22-27-24(29-35-22)16-7-4-3-5-8-16/h3-5,7-8,11-12,17-18H,6,9-10,13-14H2,1-2H3,(H,32,33)/t17-,18-/m0/s1. The van der Waals surface area contributed by atoms with Gasteiger partial charge in [0.05, 0.1) is 35.5 Å². The summed E-state index contributed by atoms with van der Waals surface area (Å²) in [6.07, 6.45) is 3.13. The lowest BCUT2D eigenvalue weighted by molar-refractivity contribution is -0.143. The molecule has 180 valence electrons. The first kappa shape index (κ1) is 22.7. The van der Waals surface area contributed by atoms with E-state index in [0.29, 0.717) is 53.8 Å². The summed E-state index contributed by atoms with van der Waals surface area (Å²) < 4.78 is 13.3. The van der Waals surface area contributed by atoms with Gasteiger partial charge in [0.25, 0.3) is 0 Å². The molecule has 35 heavy (non-hydrogen) atoms. The Morgan fingerprint density at radius 1 is 1.17 bits per heavy atom. The second kappa shape index (κ2) is 9.65. The quantitative estimate of drug-likeness (QED) is 0.424. The Hall–Kier alpha value is -4.08. The fraction of sp³-hybridized carbons (Fsp3) is 0.360. The van der Waals surface area contributed by atoms with Gasteiger partial charge in [-0.3, -0.25) is 9.48 Å². The van der Waals surface area contributed by atoms with E-state index in [1.165, 1.54) is 0 Å². The summed E-state index contributed by atoms with van der Waals surface area (Å²) in [5.41, 5.74) is 3.68. The molecule has 1 saturated carbocycles. The minimum absolute atomic E-state index is 0.125. The number of nitrogens with zero attached hydrogens (tertiary/aromatic N) is 6. The summed E-state index contributed by atoms with van der Waals surface area (Å²) in [5.74, 6) is 0.532. The van der Waals surface area contributed by atoms with E-state index >= 15 is 0 Å². The van der Waals surface area contributed by atoms with Crippen molar-refractivity contribution in [2.75, 3.05) is 0 Å². The van der Waals surface area contributed by atoms with E-state index < -0.39 is 5.97 Å². The van der Waals surface area contributed by atoms with Gasteiger partial charge in [0, 0.05) is 12.6 Å². The largest absolute Gasteiger partial charge is 0.489 e. The Morgan fingerprint density at radius 2 is 2.00 bits per heavy atom. The average molecular weight is 475 g/mol. The van der Waals surface area contributed by atoms with Crippen LogP contribution in [0, 0.1) is 12.8 Å². The van der Waals surface area contributed by atoms with Crippen LogP contribution in [0.4, 0.5) is 0 Å². The van der Waals surface area contributed by atoms with Crippen LogP contribution in [-0.4, -0.2) is 47.3 Å². The van der Waals surface area contributed by atoms with Gasteiger partial charge in [0.1, 0.15) is 11.4 Å². The van der Waals surface area contributed by atoms with Gasteiger partial charge in [-0.1, -0.05) is 40.7 Å². The SMILES string of the molecule is Cc1nc(-c2nnn(C)c2Cc2nc(-c3ccccc3)no2)ccc1O[C@H]1CCC[C@H](C(=O)O)C1. The van der Waals surface area contributed by atoms with Crippen molar-refractivity contribution in [2.45, 2.75) is 45.1 Å². The average Bonchev–Trinajstić information content (AvgIpc) is 3.48. The second-order valence-corrected chi connectivity index (χ2v) is 8.78. The van der Waals surface area contributed by atoms with Crippen molar-refractivity contribution in [1.82, 2.24) is 30.1 Å². The normalized spacial score (nSPS) is 17.9. The Bertz CT molecular complexity index is 1330. The maximum Gasteiger partial charge on any atom is 0.306 e. The van der Waals surface area contributed by atoms with Crippen molar-refractivity contribution < 1.29 is 19.2 Å². The summed E-state index contributed by atoms with van der Waals surface area (Å²) in [6, 6.07) is 13.3. The first-order valence-electron chi connectivity index (χ1n) is 11.6. The van der Waals surface area contributed by atoms with Crippen LogP contribution in [0.25, 0.3) is 22.8 Å². The highest BCUT2D eigenvalue weighted by molar-refractivity contribution is 5.70. The summed E-state index contributed by atoms with van der Waals surface area (Å²) in [7, 11) is 1.81. The predicted molar refractivity (Wildman–Crippen MR) is 126 cm³/mol. The second-order valence-electron chi connectivity index (χ2n) is 8.78. The van der Waals surface area contributed by atoms with Gasteiger partial charge in [-0.25, -0.2) is 4.98 Å². The fourth-order valence-electron chi connectivity index (χ4n) is 4.41. The number of aryl methyl sites for hydroxylation is 2. The predicted octanol–water partition coefficient (Wildman–Crippen LogP) is 3.85. The monoisotopic (exact) mass is 474 g/mol. The zero-order chi connectivity index (χ0) is 24.4. The van der Waals surface area contributed by atoms with Crippen molar-refractivity contribution in [3.63, 3.8) is 0 Å². The molecule has 2 atom stereocenters. The zero-order valence-electron chi connectivity index (χ0n) is 19.6. The maximum absolute atomic E-state index is 11.4. The van der Waals surface area contributed by atoms with Crippen molar-refractivity contribution in [3.05, 3.63) is 59.7 Å². The molecule has 3 aromatic heterocycles. The van der Waals surface area contributed by atoms with Gasteiger partial charge in [0.2, 0.25) is 11.7 Å². The third kappa shape index (κ3) is 4.91. The summed E-state index contributed by atoms with van der Waals surface area (Å²) >= 11 is 0. The molecule has 1 aliphatic rings. The molecular weight excluding hydrogens is 448 g/mol. The topological polar surface area (TPSA) is 129 Å². The number of carboxylic acids is 1. The van der Waals surface area contributed by atoms with Gasteiger partial charge in [0.15, 0.2) is 0 Å². The van der Waals surface area contributed by atoms with Gasteiger partial charge in [-0.05, 0) is 44.7 Å². The molecule has 0 bridgehead atoms. The minimum Gasteiger partial charge on any atom is -0.489 e. The van der Waals surface area contributed by atoms with Crippen molar-refractivity contribution in [3.8, 4) is 28.5 Å². The molecule has 3 heterocycles. The number of benzene rings is 1. The first-order valence-corrected chi connectivity index (χ1v) is 11.6. The molecule has 1 aliphatic carbocycles. The van der Waals surface area contributed by atoms with E-state index in [-0.39, 0.29) is 12.0 Å². The lowest BCUT2D eigenvalue weighted by atomic mass is 9.87. The maximum atomic E-state index is 11.4. The van der Waals surface area contributed by atoms with E-state index in [2.05, 4.69) is 20.5 Å². The summed E-state index contributed by atoms with van der Waals surface area (Å²) in [4.78, 5) is 20.6. The molecule has 1 fully saturated rings. The van der Waals surface area contributed by atoms with Crippen LogP contribution in [0.15, 0.2) is 47.0 Å². The molecule has 0 radical (unpaired) electrons. The number of aliphatic carboxylic acids is 1. The highest BCUT2D eigenvalue weighted by Gasteiger charge is 2.28. The minimum atomic E-state index is -0.754. The highest BCUT2D eigenvalue weighted by Crippen LogP contribution is 2.31. The van der Waals surface area contributed by atoms with Crippen LogP contribution in [0.5, 0.6) is 5.75 Å². The van der Waals surface area contributed by atoms with Crippen LogP contribution in [0.3, 0.4) is 0 Å². The lowest BCUT2D eigenvalue weighted by Crippen LogP contribution is -2.29. The Balaban J connectivity index is 1.34. The van der Waals surface area contributed by atoms with Gasteiger partial charge < -0.3 is 14.4 Å². The van der Waals surface area contributed by atoms with Crippen LogP contribution < -0.4 is 4.74 Å². The molecule has 0 saturated heterocycles. The number of carbonyl (C=O) groups is 1. The van der Waals surface area contributed by atoms with E-state index in [1.807, 2.05) is 56.4 Å². The summed E-state index contributed by atoms with van der Waals surface area (Å²) in [6.45, 7) is 1.87. The van der Waals surface area contributed by atoms with E-state index in [4.69, 9.17) is 14.2 Å². The molecule has 10 nitrogen and oxygen atoms in total. The van der Waals surface area contributed by atoms with Gasteiger partial charge in [-0.15, -0.1) is 5.10 Å². The Kier molecular flexibility index (Phi) is 6.26. The molecule has 4 aromatic rings. The van der Waals surface area contributed by atoms with E-state index in [0.717, 1.165) is 24.1 Å². The number of ether oxygens (including phenoxy) is 1. The van der Waals surface area contributed by atoms with Crippen LogP contribution in [-0.2, 0) is 18.3 Å². The Labute approximate surface area is 202 Å². The Morgan fingerprint density at radius 3 is 2.77 bits per heavy atom. The number of hydrogen-bond acceptors (Lipinski definition) is 8. The zero-order valence-corrected chi connectivity index (χ0v) is 19.6. The number of aromatic nitrogens is 6. The smallest absolute Gasteiger partial charge is 0.306 e. The molecule has 0 unspecified atom stereocenters. The van der Waals surface area contributed by atoms with E-state index in [1.54, 1.807) is 4.68 Å². The molecule has 0 aliphatic heterocycles. The molecule has 0 spiro atoms. The molecular formula is C25H26N6O4. The molecule has 0 amide bonds. The number of pyridine rings is 1. The third-order valence-corrected chi connectivity index (χ3v) is 6.31.